The molecule has 1 aromatic heterocycles. The Hall–Kier alpha value is -0.860. The summed E-state index contributed by atoms with van der Waals surface area (Å²) in [4.78, 5) is 0. The van der Waals surface area contributed by atoms with Gasteiger partial charge in [0.1, 0.15) is 0 Å². The SMILES string of the molecule is CCCNC(Cc1csc2ccccc12)CC(C)(C)C. The summed E-state index contributed by atoms with van der Waals surface area (Å²) in [6.07, 6.45) is 3.56. The van der Waals surface area contributed by atoms with Gasteiger partial charge >= 0.3 is 0 Å². The van der Waals surface area contributed by atoms with Crippen LogP contribution in [-0.2, 0) is 6.42 Å². The van der Waals surface area contributed by atoms with E-state index < -0.39 is 0 Å². The number of benzene rings is 1. The van der Waals surface area contributed by atoms with Gasteiger partial charge in [0.15, 0.2) is 0 Å². The minimum atomic E-state index is 0.372. The third kappa shape index (κ3) is 4.32. The van der Waals surface area contributed by atoms with Crippen LogP contribution in [0.3, 0.4) is 0 Å². The van der Waals surface area contributed by atoms with Crippen molar-refractivity contribution in [2.24, 2.45) is 5.41 Å². The van der Waals surface area contributed by atoms with Gasteiger partial charge in [-0.2, -0.15) is 0 Å². The third-order valence-corrected chi connectivity index (χ3v) is 4.58. The van der Waals surface area contributed by atoms with Crippen molar-refractivity contribution in [3.63, 3.8) is 0 Å². The second kappa shape index (κ2) is 6.73. The summed E-state index contributed by atoms with van der Waals surface area (Å²) in [5.74, 6) is 0. The minimum absolute atomic E-state index is 0.372. The lowest BCUT2D eigenvalue weighted by atomic mass is 9.86. The highest BCUT2D eigenvalue weighted by atomic mass is 32.1. The van der Waals surface area contributed by atoms with Crippen molar-refractivity contribution in [3.05, 3.63) is 35.2 Å². The molecule has 1 atom stereocenters. The number of hydrogen-bond donors (Lipinski definition) is 1. The molecule has 0 aliphatic rings. The number of thiophene rings is 1. The van der Waals surface area contributed by atoms with Crippen LogP contribution in [0, 0.1) is 5.41 Å². The molecule has 0 fully saturated rings. The Morgan fingerprint density at radius 3 is 2.65 bits per heavy atom. The third-order valence-electron chi connectivity index (χ3n) is 3.57. The molecule has 0 saturated carbocycles. The van der Waals surface area contributed by atoms with Crippen LogP contribution in [-0.4, -0.2) is 12.6 Å². The fourth-order valence-corrected chi connectivity index (χ4v) is 3.74. The summed E-state index contributed by atoms with van der Waals surface area (Å²) in [6, 6.07) is 9.34. The van der Waals surface area contributed by atoms with E-state index in [0.717, 1.165) is 13.0 Å². The second-order valence-corrected chi connectivity index (χ2v) is 7.79. The maximum absolute atomic E-state index is 3.73. The first-order valence-corrected chi connectivity index (χ1v) is 8.56. The zero-order valence-corrected chi connectivity index (χ0v) is 14.0. The van der Waals surface area contributed by atoms with Crippen LogP contribution < -0.4 is 5.32 Å². The van der Waals surface area contributed by atoms with Crippen LogP contribution in [0.25, 0.3) is 10.1 Å². The molecule has 0 saturated heterocycles. The lowest BCUT2D eigenvalue weighted by Crippen LogP contribution is -2.35. The fourth-order valence-electron chi connectivity index (χ4n) is 2.76. The van der Waals surface area contributed by atoms with Crippen LogP contribution in [0.15, 0.2) is 29.6 Å². The van der Waals surface area contributed by atoms with E-state index in [1.54, 1.807) is 0 Å². The molecule has 2 aromatic rings. The molecule has 1 heterocycles. The Labute approximate surface area is 127 Å². The molecule has 0 spiro atoms. The predicted molar refractivity (Wildman–Crippen MR) is 91.7 cm³/mol. The van der Waals surface area contributed by atoms with Gasteiger partial charge in [0, 0.05) is 10.7 Å². The second-order valence-electron chi connectivity index (χ2n) is 6.88. The Kier molecular flexibility index (Phi) is 5.22. The maximum Gasteiger partial charge on any atom is 0.0345 e. The average Bonchev–Trinajstić information content (AvgIpc) is 2.78. The van der Waals surface area contributed by atoms with Gasteiger partial charge in [-0.15, -0.1) is 11.3 Å². The summed E-state index contributed by atoms with van der Waals surface area (Å²) in [7, 11) is 0. The van der Waals surface area contributed by atoms with Crippen LogP contribution in [0.4, 0.5) is 0 Å². The lowest BCUT2D eigenvalue weighted by Gasteiger charge is -2.27. The van der Waals surface area contributed by atoms with Crippen molar-refractivity contribution in [1.82, 2.24) is 5.32 Å². The van der Waals surface area contributed by atoms with Crippen LogP contribution in [0.5, 0.6) is 0 Å². The summed E-state index contributed by atoms with van der Waals surface area (Å²) in [5, 5.41) is 7.51. The van der Waals surface area contributed by atoms with Crippen molar-refractivity contribution in [3.8, 4) is 0 Å². The Balaban J connectivity index is 2.13. The van der Waals surface area contributed by atoms with Crippen LogP contribution >= 0.6 is 11.3 Å². The summed E-state index contributed by atoms with van der Waals surface area (Å²) in [5.41, 5.74) is 1.88. The molecular formula is C18H27NS. The maximum atomic E-state index is 3.73. The summed E-state index contributed by atoms with van der Waals surface area (Å²) >= 11 is 1.87. The minimum Gasteiger partial charge on any atom is -0.314 e. The van der Waals surface area contributed by atoms with Crippen molar-refractivity contribution in [2.75, 3.05) is 6.54 Å². The van der Waals surface area contributed by atoms with Gasteiger partial charge in [-0.05, 0) is 53.6 Å². The quantitative estimate of drug-likeness (QED) is 0.766. The number of rotatable bonds is 6. The highest BCUT2D eigenvalue weighted by molar-refractivity contribution is 7.17. The van der Waals surface area contributed by atoms with Gasteiger partial charge in [0.05, 0.1) is 0 Å². The topological polar surface area (TPSA) is 12.0 Å². The zero-order valence-electron chi connectivity index (χ0n) is 13.2. The van der Waals surface area contributed by atoms with Crippen molar-refractivity contribution in [2.45, 2.75) is 53.0 Å². The first-order chi connectivity index (χ1) is 9.49. The number of nitrogens with one attached hydrogen (secondary N) is 1. The first kappa shape index (κ1) is 15.5. The summed E-state index contributed by atoms with van der Waals surface area (Å²) in [6.45, 7) is 10.3. The highest BCUT2D eigenvalue weighted by Crippen LogP contribution is 2.29. The molecule has 2 rings (SSSR count). The molecule has 1 N–H and O–H groups in total. The molecule has 1 aromatic carbocycles. The van der Waals surface area contributed by atoms with E-state index >= 15 is 0 Å². The van der Waals surface area contributed by atoms with Gasteiger partial charge in [-0.25, -0.2) is 0 Å². The van der Waals surface area contributed by atoms with Gasteiger partial charge in [-0.1, -0.05) is 45.9 Å². The standard InChI is InChI=1S/C18H27NS/c1-5-10-19-15(12-18(2,3)4)11-14-13-20-17-9-7-6-8-16(14)17/h6-9,13,15,19H,5,10-12H2,1-4H3. The molecule has 1 nitrogen and oxygen atoms in total. The van der Waals surface area contributed by atoms with Crippen molar-refractivity contribution in [1.29, 1.82) is 0 Å². The van der Waals surface area contributed by atoms with Gasteiger partial charge in [0.2, 0.25) is 0 Å². The van der Waals surface area contributed by atoms with Gasteiger partial charge in [0.25, 0.3) is 0 Å². The normalized spacial score (nSPS) is 13.8. The van der Waals surface area contributed by atoms with E-state index in [-0.39, 0.29) is 0 Å². The Morgan fingerprint density at radius 2 is 1.95 bits per heavy atom. The molecule has 20 heavy (non-hydrogen) atoms. The molecule has 0 bridgehead atoms. The highest BCUT2D eigenvalue weighted by Gasteiger charge is 2.19. The molecule has 0 aliphatic heterocycles. The van der Waals surface area contributed by atoms with E-state index in [4.69, 9.17) is 0 Å². The van der Waals surface area contributed by atoms with E-state index in [9.17, 15) is 0 Å². The predicted octanol–water partition coefficient (Wildman–Crippen LogP) is 5.25. The first-order valence-electron chi connectivity index (χ1n) is 7.68. The molecule has 0 aliphatic carbocycles. The van der Waals surface area contributed by atoms with Crippen LogP contribution in [0.1, 0.15) is 46.1 Å². The van der Waals surface area contributed by atoms with Crippen LogP contribution in [0.2, 0.25) is 0 Å². The fraction of sp³-hybridized carbons (Fsp3) is 0.556. The molecule has 1 unspecified atom stereocenters. The van der Waals surface area contributed by atoms with E-state index in [1.165, 1.54) is 28.5 Å². The average molecular weight is 289 g/mol. The monoisotopic (exact) mass is 289 g/mol. The largest absolute Gasteiger partial charge is 0.314 e. The Bertz CT molecular complexity index is 536. The van der Waals surface area contributed by atoms with Gasteiger partial charge < -0.3 is 5.32 Å². The smallest absolute Gasteiger partial charge is 0.0345 e. The lowest BCUT2D eigenvalue weighted by molar-refractivity contribution is 0.307. The van der Waals surface area contributed by atoms with E-state index in [0.29, 0.717) is 11.5 Å². The van der Waals surface area contributed by atoms with E-state index in [2.05, 4.69) is 62.7 Å². The summed E-state index contributed by atoms with van der Waals surface area (Å²) < 4.78 is 1.41. The van der Waals surface area contributed by atoms with Crippen molar-refractivity contribution >= 4 is 21.4 Å². The van der Waals surface area contributed by atoms with E-state index in [1.807, 2.05) is 11.3 Å². The number of fused-ring (bicyclic) bond motifs is 1. The number of hydrogen-bond acceptors (Lipinski definition) is 2. The van der Waals surface area contributed by atoms with Gasteiger partial charge in [-0.3, -0.25) is 0 Å². The van der Waals surface area contributed by atoms with Crippen molar-refractivity contribution < 1.29 is 0 Å². The molecule has 110 valence electrons. The Morgan fingerprint density at radius 1 is 1.20 bits per heavy atom. The zero-order chi connectivity index (χ0) is 14.6. The molecule has 0 amide bonds. The molecule has 2 heteroatoms. The molecular weight excluding hydrogens is 262 g/mol. The molecule has 0 radical (unpaired) electrons.